The minimum atomic E-state index is -0.812. The van der Waals surface area contributed by atoms with Crippen molar-refractivity contribution in [3.05, 3.63) is 46.3 Å². The van der Waals surface area contributed by atoms with Gasteiger partial charge in [-0.05, 0) is 45.2 Å². The molecule has 1 aliphatic heterocycles. The lowest BCUT2D eigenvalue weighted by Gasteiger charge is -2.38. The lowest BCUT2D eigenvalue weighted by atomic mass is 9.97. The first-order chi connectivity index (χ1) is 12.0. The number of likely N-dealkylation sites (tertiary alicyclic amines) is 1. The average molecular weight is 343 g/mol. The number of carbonyl (C=O) groups is 2. The Hall–Kier alpha value is -2.63. The normalized spacial score (nSPS) is 20.5. The first-order valence-corrected chi connectivity index (χ1v) is 8.48. The molecule has 132 valence electrons. The van der Waals surface area contributed by atoms with Crippen LogP contribution in [-0.4, -0.2) is 35.5 Å². The van der Waals surface area contributed by atoms with E-state index in [0.717, 1.165) is 25.3 Å². The highest BCUT2D eigenvalue weighted by Gasteiger charge is 2.29. The number of rotatable bonds is 3. The largest absolute Gasteiger partial charge is 0.450 e. The van der Waals surface area contributed by atoms with Gasteiger partial charge in [0.15, 0.2) is 12.0 Å². The Morgan fingerprint density at radius 2 is 1.88 bits per heavy atom. The van der Waals surface area contributed by atoms with Crippen molar-refractivity contribution in [2.24, 2.45) is 0 Å². The van der Waals surface area contributed by atoms with Gasteiger partial charge >= 0.3 is 5.97 Å². The van der Waals surface area contributed by atoms with E-state index < -0.39 is 5.97 Å². The molecule has 1 aromatic heterocycles. The Bertz CT molecular complexity index is 846. The fraction of sp³-hybridized carbons (Fsp3) is 0.421. The van der Waals surface area contributed by atoms with Crippen molar-refractivity contribution in [3.8, 4) is 0 Å². The molecule has 2 heterocycles. The predicted octanol–water partition coefficient (Wildman–Crippen LogP) is 2.74. The molecule has 1 fully saturated rings. The summed E-state index contributed by atoms with van der Waals surface area (Å²) < 4.78 is 10.5. The summed E-state index contributed by atoms with van der Waals surface area (Å²) in [6.07, 6.45) is 2.99. The lowest BCUT2D eigenvalue weighted by Crippen LogP contribution is -2.49. The number of esters is 1. The fourth-order valence-corrected chi connectivity index (χ4v) is 3.39. The molecular weight excluding hydrogens is 322 g/mol. The number of hydrogen-bond acceptors (Lipinski definition) is 5. The van der Waals surface area contributed by atoms with Crippen LogP contribution in [0.4, 0.5) is 0 Å². The maximum Gasteiger partial charge on any atom is 0.374 e. The maximum absolute atomic E-state index is 12.4. The smallest absolute Gasteiger partial charge is 0.374 e. The molecule has 1 saturated heterocycles. The first-order valence-electron chi connectivity index (χ1n) is 8.48. The average Bonchev–Trinajstić information content (AvgIpc) is 2.59. The highest BCUT2D eigenvalue weighted by atomic mass is 16.5. The van der Waals surface area contributed by atoms with Gasteiger partial charge in [0.05, 0.1) is 5.39 Å². The molecular formula is C19H21NO5. The van der Waals surface area contributed by atoms with Crippen LogP contribution in [0.1, 0.15) is 43.7 Å². The van der Waals surface area contributed by atoms with E-state index in [1.54, 1.807) is 29.2 Å². The van der Waals surface area contributed by atoms with Crippen molar-refractivity contribution in [2.75, 3.05) is 6.61 Å². The van der Waals surface area contributed by atoms with Crippen LogP contribution in [0, 0.1) is 0 Å². The van der Waals surface area contributed by atoms with Gasteiger partial charge in [0.2, 0.25) is 5.76 Å². The van der Waals surface area contributed by atoms with Crippen LogP contribution in [0.25, 0.3) is 11.0 Å². The van der Waals surface area contributed by atoms with E-state index in [-0.39, 0.29) is 35.8 Å². The topological polar surface area (TPSA) is 76.8 Å². The van der Waals surface area contributed by atoms with E-state index >= 15 is 0 Å². The van der Waals surface area contributed by atoms with Gasteiger partial charge in [-0.15, -0.1) is 0 Å². The molecule has 25 heavy (non-hydrogen) atoms. The maximum atomic E-state index is 12.4. The van der Waals surface area contributed by atoms with Crippen molar-refractivity contribution in [1.29, 1.82) is 0 Å². The summed E-state index contributed by atoms with van der Waals surface area (Å²) in [6.45, 7) is 3.64. The van der Waals surface area contributed by atoms with Crippen LogP contribution in [0.2, 0.25) is 0 Å². The second kappa shape index (κ2) is 7.09. The van der Waals surface area contributed by atoms with E-state index in [1.807, 2.05) is 13.8 Å². The molecule has 0 radical (unpaired) electrons. The van der Waals surface area contributed by atoms with Crippen molar-refractivity contribution in [3.63, 3.8) is 0 Å². The fourth-order valence-electron chi connectivity index (χ4n) is 3.39. The molecule has 6 heteroatoms. The third kappa shape index (κ3) is 3.57. The van der Waals surface area contributed by atoms with Gasteiger partial charge in [-0.3, -0.25) is 9.59 Å². The molecule has 6 nitrogen and oxygen atoms in total. The number of hydrogen-bond donors (Lipinski definition) is 0. The van der Waals surface area contributed by atoms with Crippen LogP contribution in [0.3, 0.4) is 0 Å². The van der Waals surface area contributed by atoms with E-state index in [2.05, 4.69) is 0 Å². The van der Waals surface area contributed by atoms with Gasteiger partial charge in [-0.1, -0.05) is 12.1 Å². The van der Waals surface area contributed by atoms with Crippen LogP contribution in [-0.2, 0) is 9.53 Å². The lowest BCUT2D eigenvalue weighted by molar-refractivity contribution is -0.140. The van der Waals surface area contributed by atoms with Crippen molar-refractivity contribution in [2.45, 2.75) is 45.2 Å². The van der Waals surface area contributed by atoms with Crippen molar-refractivity contribution >= 4 is 22.8 Å². The van der Waals surface area contributed by atoms with Gasteiger partial charge in [0.25, 0.3) is 5.91 Å². The van der Waals surface area contributed by atoms with Gasteiger partial charge in [0, 0.05) is 18.2 Å². The van der Waals surface area contributed by atoms with Gasteiger partial charge < -0.3 is 14.1 Å². The van der Waals surface area contributed by atoms with Crippen LogP contribution in [0.15, 0.2) is 39.5 Å². The number of nitrogens with zero attached hydrogens (tertiary/aromatic N) is 1. The third-order valence-electron chi connectivity index (χ3n) is 4.64. The highest BCUT2D eigenvalue weighted by molar-refractivity contribution is 5.90. The zero-order valence-corrected chi connectivity index (χ0v) is 14.4. The van der Waals surface area contributed by atoms with Crippen LogP contribution < -0.4 is 5.43 Å². The monoisotopic (exact) mass is 343 g/mol. The minimum Gasteiger partial charge on any atom is -0.450 e. The van der Waals surface area contributed by atoms with Crippen LogP contribution in [0.5, 0.6) is 0 Å². The summed E-state index contributed by atoms with van der Waals surface area (Å²) >= 11 is 0. The molecule has 0 spiro atoms. The van der Waals surface area contributed by atoms with Gasteiger partial charge in [-0.25, -0.2) is 4.79 Å². The summed E-state index contributed by atoms with van der Waals surface area (Å²) in [5.74, 6) is -1.24. The molecule has 0 aliphatic carbocycles. The number of carbonyl (C=O) groups excluding carboxylic acids is 2. The Morgan fingerprint density at radius 1 is 1.20 bits per heavy atom. The predicted molar refractivity (Wildman–Crippen MR) is 92.4 cm³/mol. The molecule has 1 amide bonds. The van der Waals surface area contributed by atoms with Gasteiger partial charge in [0.1, 0.15) is 5.58 Å². The van der Waals surface area contributed by atoms with Crippen LogP contribution >= 0.6 is 0 Å². The second-order valence-electron chi connectivity index (χ2n) is 6.48. The minimum absolute atomic E-state index is 0.133. The van der Waals surface area contributed by atoms with Crippen molar-refractivity contribution < 1.29 is 18.7 Å². The van der Waals surface area contributed by atoms with E-state index in [4.69, 9.17) is 9.15 Å². The van der Waals surface area contributed by atoms with Crippen molar-refractivity contribution in [1.82, 2.24) is 4.90 Å². The molecule has 3 rings (SSSR count). The first kappa shape index (κ1) is 17.2. The number of piperidine rings is 1. The third-order valence-corrected chi connectivity index (χ3v) is 4.64. The Kier molecular flexibility index (Phi) is 4.88. The summed E-state index contributed by atoms with van der Waals surface area (Å²) in [4.78, 5) is 38.4. The molecule has 1 aromatic carbocycles. The Balaban J connectivity index is 1.70. The molecule has 1 aliphatic rings. The standard InChI is InChI=1S/C19H21NO5/c1-12-6-5-7-13(2)20(12)18(22)11-24-19(23)17-10-15(21)14-8-3-4-9-16(14)25-17/h3-4,8-10,12-13H,5-7,11H2,1-2H3/t12-,13+. The van der Waals surface area contributed by atoms with E-state index in [1.165, 1.54) is 0 Å². The molecule has 2 aromatic rings. The van der Waals surface area contributed by atoms with E-state index in [0.29, 0.717) is 11.0 Å². The number of para-hydroxylation sites is 1. The molecule has 0 bridgehead atoms. The number of amides is 1. The summed E-state index contributed by atoms with van der Waals surface area (Å²) in [7, 11) is 0. The Morgan fingerprint density at radius 3 is 2.60 bits per heavy atom. The summed E-state index contributed by atoms with van der Waals surface area (Å²) in [5, 5.41) is 0.395. The second-order valence-corrected chi connectivity index (χ2v) is 6.48. The SMILES string of the molecule is C[C@@H]1CCC[C@H](C)N1C(=O)COC(=O)c1cc(=O)c2ccccc2o1. The molecule has 0 saturated carbocycles. The number of ether oxygens (including phenoxy) is 1. The molecule has 0 N–H and O–H groups in total. The highest BCUT2D eigenvalue weighted by Crippen LogP contribution is 2.22. The number of fused-ring (bicyclic) bond motifs is 1. The van der Waals surface area contributed by atoms with Gasteiger partial charge in [-0.2, -0.15) is 0 Å². The Labute approximate surface area is 145 Å². The zero-order valence-electron chi connectivity index (χ0n) is 14.4. The number of benzene rings is 1. The summed E-state index contributed by atoms with van der Waals surface area (Å²) in [6, 6.07) is 8.03. The van der Waals surface area contributed by atoms with E-state index in [9.17, 15) is 14.4 Å². The summed E-state index contributed by atoms with van der Waals surface area (Å²) in [5.41, 5.74) is -0.00930. The molecule has 0 unspecified atom stereocenters. The molecule has 2 atom stereocenters. The zero-order chi connectivity index (χ0) is 18.0. The quantitative estimate of drug-likeness (QED) is 0.801.